The first-order valence-corrected chi connectivity index (χ1v) is 7.99. The van der Waals surface area contributed by atoms with Crippen molar-refractivity contribution in [2.75, 3.05) is 46.4 Å². The van der Waals surface area contributed by atoms with Crippen LogP contribution in [0.15, 0.2) is 18.2 Å². The Labute approximate surface area is 131 Å². The number of carbonyl (C=O) groups excluding carboxylic acids is 1. The molecule has 2 heterocycles. The highest BCUT2D eigenvalue weighted by atomic mass is 16.6. The summed E-state index contributed by atoms with van der Waals surface area (Å²) < 4.78 is 11.2. The first-order chi connectivity index (χ1) is 10.6. The Balaban J connectivity index is 1.61. The zero-order valence-corrected chi connectivity index (χ0v) is 13.4. The van der Waals surface area contributed by atoms with Crippen LogP contribution in [0.4, 0.5) is 0 Å². The molecule has 1 aromatic rings. The number of hydrogen-bond donors (Lipinski definition) is 0. The number of carbonyl (C=O) groups is 1. The number of ether oxygens (including phenoxy) is 2. The van der Waals surface area contributed by atoms with Gasteiger partial charge in [0.2, 0.25) is 5.91 Å². The fourth-order valence-electron chi connectivity index (χ4n) is 2.93. The van der Waals surface area contributed by atoms with Gasteiger partial charge in [-0.25, -0.2) is 0 Å². The summed E-state index contributed by atoms with van der Waals surface area (Å²) in [7, 11) is 2.10. The lowest BCUT2D eigenvalue weighted by molar-refractivity contribution is -0.133. The Hall–Kier alpha value is -1.75. The first-order valence-electron chi connectivity index (χ1n) is 7.99. The number of nitrogens with zero attached hydrogens (tertiary/aromatic N) is 2. The van der Waals surface area contributed by atoms with Gasteiger partial charge in [-0.15, -0.1) is 0 Å². The molecule has 0 radical (unpaired) electrons. The van der Waals surface area contributed by atoms with E-state index in [0.717, 1.165) is 43.2 Å². The van der Waals surface area contributed by atoms with Gasteiger partial charge in [0.15, 0.2) is 11.5 Å². The lowest BCUT2D eigenvalue weighted by Crippen LogP contribution is -2.47. The largest absolute Gasteiger partial charge is 0.486 e. The molecule has 1 atom stereocenters. The van der Waals surface area contributed by atoms with E-state index in [1.165, 1.54) is 0 Å². The molecule has 0 bridgehead atoms. The van der Waals surface area contributed by atoms with Crippen LogP contribution >= 0.6 is 0 Å². The lowest BCUT2D eigenvalue weighted by Gasteiger charge is -2.33. The minimum absolute atomic E-state index is 0.183. The fourth-order valence-corrected chi connectivity index (χ4v) is 2.93. The Kier molecular flexibility index (Phi) is 4.52. The molecule has 2 aliphatic heterocycles. The smallest absolute Gasteiger partial charge is 0.223 e. The Morgan fingerprint density at radius 2 is 1.82 bits per heavy atom. The molecule has 1 fully saturated rings. The van der Waals surface area contributed by atoms with Crippen LogP contribution in [0, 0.1) is 0 Å². The number of amides is 1. The summed E-state index contributed by atoms with van der Waals surface area (Å²) in [6.45, 7) is 6.88. The van der Waals surface area contributed by atoms with Gasteiger partial charge in [-0.2, -0.15) is 0 Å². The van der Waals surface area contributed by atoms with Crippen molar-refractivity contribution in [1.82, 2.24) is 9.80 Å². The number of hydrogen-bond acceptors (Lipinski definition) is 4. The van der Waals surface area contributed by atoms with Crippen LogP contribution < -0.4 is 9.47 Å². The van der Waals surface area contributed by atoms with Crippen LogP contribution in [-0.2, 0) is 4.79 Å². The molecule has 1 aromatic carbocycles. The van der Waals surface area contributed by atoms with E-state index in [1.807, 2.05) is 23.1 Å². The average Bonchev–Trinajstić information content (AvgIpc) is 2.55. The summed E-state index contributed by atoms with van der Waals surface area (Å²) in [4.78, 5) is 16.7. The monoisotopic (exact) mass is 304 g/mol. The molecule has 0 N–H and O–H groups in total. The molecular formula is C17H24N2O3. The summed E-state index contributed by atoms with van der Waals surface area (Å²) in [6, 6.07) is 5.99. The van der Waals surface area contributed by atoms with E-state index in [9.17, 15) is 4.79 Å². The second-order valence-corrected chi connectivity index (χ2v) is 6.19. The van der Waals surface area contributed by atoms with E-state index in [4.69, 9.17) is 9.47 Å². The van der Waals surface area contributed by atoms with E-state index in [1.54, 1.807) is 0 Å². The van der Waals surface area contributed by atoms with Gasteiger partial charge in [-0.3, -0.25) is 4.79 Å². The Morgan fingerprint density at radius 1 is 1.14 bits per heavy atom. The second-order valence-electron chi connectivity index (χ2n) is 6.19. The second kappa shape index (κ2) is 6.57. The number of piperazine rings is 1. The molecule has 1 saturated heterocycles. The predicted octanol–water partition coefficient (Wildman–Crippen LogP) is 1.73. The van der Waals surface area contributed by atoms with Crippen LogP contribution in [-0.4, -0.2) is 62.1 Å². The lowest BCUT2D eigenvalue weighted by atomic mass is 9.96. The quantitative estimate of drug-likeness (QED) is 0.853. The van der Waals surface area contributed by atoms with Crippen LogP contribution in [0.25, 0.3) is 0 Å². The molecule has 0 saturated carbocycles. The van der Waals surface area contributed by atoms with Crippen LogP contribution in [0.2, 0.25) is 0 Å². The topological polar surface area (TPSA) is 42.0 Å². The third-order valence-corrected chi connectivity index (χ3v) is 4.47. The van der Waals surface area contributed by atoms with Gasteiger partial charge in [-0.05, 0) is 30.7 Å². The fraction of sp³-hybridized carbons (Fsp3) is 0.588. The maximum atomic E-state index is 12.4. The first kappa shape index (κ1) is 15.2. The van der Waals surface area contributed by atoms with Crippen molar-refractivity contribution in [3.05, 3.63) is 23.8 Å². The van der Waals surface area contributed by atoms with Gasteiger partial charge in [0.25, 0.3) is 0 Å². The van der Waals surface area contributed by atoms with Gasteiger partial charge >= 0.3 is 0 Å². The van der Waals surface area contributed by atoms with Crippen molar-refractivity contribution >= 4 is 5.91 Å². The van der Waals surface area contributed by atoms with Gasteiger partial charge < -0.3 is 19.3 Å². The minimum atomic E-state index is 0.183. The maximum absolute atomic E-state index is 12.4. The SMILES string of the molecule is CC(CC(=O)N1CCN(C)CC1)c1ccc2c(c1)OCCO2. The van der Waals surface area contributed by atoms with Crippen molar-refractivity contribution in [2.45, 2.75) is 19.3 Å². The van der Waals surface area contributed by atoms with E-state index in [2.05, 4.69) is 18.9 Å². The van der Waals surface area contributed by atoms with Crippen molar-refractivity contribution in [3.8, 4) is 11.5 Å². The highest BCUT2D eigenvalue weighted by Crippen LogP contribution is 2.34. The standard InChI is InChI=1S/C17H24N2O3/c1-13(11-17(20)19-7-5-18(2)6-8-19)14-3-4-15-16(12-14)22-10-9-21-15/h3-4,12-13H,5-11H2,1-2H3. The number of benzene rings is 1. The van der Waals surface area contributed by atoms with E-state index < -0.39 is 0 Å². The van der Waals surface area contributed by atoms with Crippen LogP contribution in [0.1, 0.15) is 24.8 Å². The highest BCUT2D eigenvalue weighted by molar-refractivity contribution is 5.77. The molecule has 0 spiro atoms. The summed E-state index contributed by atoms with van der Waals surface area (Å²) in [5, 5.41) is 0. The third kappa shape index (κ3) is 3.35. The van der Waals surface area contributed by atoms with E-state index in [-0.39, 0.29) is 11.8 Å². The molecule has 3 rings (SSSR count). The Morgan fingerprint density at radius 3 is 2.55 bits per heavy atom. The molecule has 2 aliphatic rings. The molecule has 120 valence electrons. The molecule has 0 aromatic heterocycles. The van der Waals surface area contributed by atoms with Crippen molar-refractivity contribution in [3.63, 3.8) is 0 Å². The predicted molar refractivity (Wildman–Crippen MR) is 84.5 cm³/mol. The molecule has 1 unspecified atom stereocenters. The van der Waals surface area contributed by atoms with Gasteiger partial charge in [0.05, 0.1) is 0 Å². The molecule has 1 amide bonds. The summed E-state index contributed by atoms with van der Waals surface area (Å²) in [5.41, 5.74) is 1.13. The molecular weight excluding hydrogens is 280 g/mol. The molecule has 5 heteroatoms. The highest BCUT2D eigenvalue weighted by Gasteiger charge is 2.22. The molecule has 22 heavy (non-hydrogen) atoms. The molecule has 5 nitrogen and oxygen atoms in total. The van der Waals surface area contributed by atoms with Crippen LogP contribution in [0.3, 0.4) is 0 Å². The zero-order valence-electron chi connectivity index (χ0n) is 13.4. The van der Waals surface area contributed by atoms with E-state index >= 15 is 0 Å². The maximum Gasteiger partial charge on any atom is 0.223 e. The van der Waals surface area contributed by atoms with Crippen molar-refractivity contribution < 1.29 is 14.3 Å². The van der Waals surface area contributed by atoms with Crippen LogP contribution in [0.5, 0.6) is 11.5 Å². The summed E-state index contributed by atoms with van der Waals surface area (Å²) in [6.07, 6.45) is 0.545. The van der Waals surface area contributed by atoms with Crippen molar-refractivity contribution in [1.29, 1.82) is 0 Å². The number of likely N-dealkylation sites (N-methyl/N-ethyl adjacent to an activating group) is 1. The normalized spacial score (nSPS) is 19.8. The molecule has 0 aliphatic carbocycles. The summed E-state index contributed by atoms with van der Waals surface area (Å²) in [5.74, 6) is 2.02. The van der Waals surface area contributed by atoms with E-state index in [0.29, 0.717) is 19.6 Å². The van der Waals surface area contributed by atoms with Gasteiger partial charge in [0, 0.05) is 32.6 Å². The third-order valence-electron chi connectivity index (χ3n) is 4.47. The number of fused-ring (bicyclic) bond motifs is 1. The summed E-state index contributed by atoms with van der Waals surface area (Å²) >= 11 is 0. The zero-order chi connectivity index (χ0) is 15.5. The Bertz CT molecular complexity index is 539. The number of rotatable bonds is 3. The average molecular weight is 304 g/mol. The van der Waals surface area contributed by atoms with Gasteiger partial charge in [-0.1, -0.05) is 13.0 Å². The van der Waals surface area contributed by atoms with Gasteiger partial charge in [0.1, 0.15) is 13.2 Å². The van der Waals surface area contributed by atoms with Crippen molar-refractivity contribution in [2.24, 2.45) is 0 Å². The minimum Gasteiger partial charge on any atom is -0.486 e.